The maximum atomic E-state index is 5.73. The van der Waals surface area contributed by atoms with E-state index < -0.39 is 0 Å². The minimum atomic E-state index is 0.648. The molecule has 19 heavy (non-hydrogen) atoms. The molecular formula is C16H23N3. The van der Waals surface area contributed by atoms with E-state index in [1.54, 1.807) is 0 Å². The van der Waals surface area contributed by atoms with Crippen LogP contribution in [0.1, 0.15) is 27.9 Å². The third kappa shape index (κ3) is 2.30. The summed E-state index contributed by atoms with van der Waals surface area (Å²) >= 11 is 0. The number of hydrogen-bond acceptors (Lipinski definition) is 2. The van der Waals surface area contributed by atoms with Gasteiger partial charge in [-0.1, -0.05) is 6.07 Å². The summed E-state index contributed by atoms with van der Waals surface area (Å²) < 4.78 is 2.08. The average Bonchev–Trinajstić information content (AvgIpc) is 2.71. The molecule has 0 aliphatic carbocycles. The van der Waals surface area contributed by atoms with E-state index in [0.29, 0.717) is 6.54 Å². The molecule has 1 heterocycles. The Morgan fingerprint density at radius 2 is 1.68 bits per heavy atom. The highest BCUT2D eigenvalue weighted by atomic mass is 15.0. The Labute approximate surface area is 115 Å². The van der Waals surface area contributed by atoms with Crippen LogP contribution in [0.4, 0.5) is 0 Å². The summed E-state index contributed by atoms with van der Waals surface area (Å²) in [6.07, 6.45) is 2.74. The summed E-state index contributed by atoms with van der Waals surface area (Å²) in [7, 11) is 2.04. The summed E-state index contributed by atoms with van der Waals surface area (Å²) in [5, 5.41) is 0. The highest BCUT2D eigenvalue weighted by Gasteiger charge is 2.17. The average molecular weight is 257 g/mol. The van der Waals surface area contributed by atoms with Gasteiger partial charge >= 0.3 is 0 Å². The smallest absolute Gasteiger partial charge is 0.0953 e. The standard InChI is InChI=1S/C16H23N3/c1-10-8-11(2)13(4)15(12(10)3)16-14(6-7-17)19(5)9-18-16/h8-9H,6-7,17H2,1-5H3. The van der Waals surface area contributed by atoms with Crippen molar-refractivity contribution in [2.45, 2.75) is 34.1 Å². The molecular weight excluding hydrogens is 234 g/mol. The van der Waals surface area contributed by atoms with Gasteiger partial charge < -0.3 is 10.3 Å². The molecule has 0 saturated heterocycles. The van der Waals surface area contributed by atoms with Crippen LogP contribution in [0.3, 0.4) is 0 Å². The van der Waals surface area contributed by atoms with Crippen molar-refractivity contribution < 1.29 is 0 Å². The zero-order valence-corrected chi connectivity index (χ0v) is 12.5. The summed E-state index contributed by atoms with van der Waals surface area (Å²) in [6, 6.07) is 2.25. The van der Waals surface area contributed by atoms with Crippen molar-refractivity contribution in [3.05, 3.63) is 40.3 Å². The molecule has 0 radical (unpaired) electrons. The van der Waals surface area contributed by atoms with Crippen molar-refractivity contribution in [3.8, 4) is 11.3 Å². The predicted octanol–water partition coefficient (Wildman–Crippen LogP) is 2.82. The van der Waals surface area contributed by atoms with Gasteiger partial charge in [0, 0.05) is 24.7 Å². The molecule has 2 aromatic rings. The molecule has 3 heteroatoms. The quantitative estimate of drug-likeness (QED) is 0.919. The third-order valence-corrected chi connectivity index (χ3v) is 4.04. The Morgan fingerprint density at radius 1 is 1.11 bits per heavy atom. The number of nitrogens with two attached hydrogens (primary N) is 1. The molecule has 1 aromatic heterocycles. The molecule has 1 aromatic carbocycles. The summed E-state index contributed by atoms with van der Waals surface area (Å²) in [4.78, 5) is 4.62. The Hall–Kier alpha value is -1.61. The fourth-order valence-corrected chi connectivity index (χ4v) is 2.67. The molecule has 0 fully saturated rings. The molecule has 102 valence electrons. The Kier molecular flexibility index (Phi) is 3.76. The molecule has 0 atom stereocenters. The molecule has 0 amide bonds. The van der Waals surface area contributed by atoms with Gasteiger partial charge in [0.2, 0.25) is 0 Å². The van der Waals surface area contributed by atoms with Crippen LogP contribution in [0.25, 0.3) is 11.3 Å². The van der Waals surface area contributed by atoms with Crippen molar-refractivity contribution in [1.82, 2.24) is 9.55 Å². The van der Waals surface area contributed by atoms with E-state index in [9.17, 15) is 0 Å². The predicted molar refractivity (Wildman–Crippen MR) is 80.4 cm³/mol. The first-order chi connectivity index (χ1) is 8.97. The van der Waals surface area contributed by atoms with Crippen LogP contribution in [0.15, 0.2) is 12.4 Å². The maximum Gasteiger partial charge on any atom is 0.0953 e. The Morgan fingerprint density at radius 3 is 2.21 bits per heavy atom. The molecule has 0 saturated carbocycles. The second kappa shape index (κ2) is 5.17. The van der Waals surface area contributed by atoms with Crippen molar-refractivity contribution >= 4 is 0 Å². The number of rotatable bonds is 3. The van der Waals surface area contributed by atoms with Gasteiger partial charge in [-0.05, 0) is 56.5 Å². The summed E-state index contributed by atoms with van der Waals surface area (Å²) in [6.45, 7) is 9.33. The first kappa shape index (κ1) is 13.8. The normalized spacial score (nSPS) is 11.1. The van der Waals surface area contributed by atoms with Crippen LogP contribution in [0.5, 0.6) is 0 Å². The molecule has 0 aliphatic rings. The lowest BCUT2D eigenvalue weighted by molar-refractivity contribution is 0.805. The number of imidazole rings is 1. The first-order valence-electron chi connectivity index (χ1n) is 6.75. The molecule has 0 spiro atoms. The van der Waals surface area contributed by atoms with E-state index in [1.165, 1.54) is 33.5 Å². The third-order valence-electron chi connectivity index (χ3n) is 4.04. The monoisotopic (exact) mass is 257 g/mol. The molecule has 2 rings (SSSR count). The minimum Gasteiger partial charge on any atom is -0.337 e. The van der Waals surface area contributed by atoms with Gasteiger partial charge in [0.1, 0.15) is 0 Å². The second-order valence-corrected chi connectivity index (χ2v) is 5.32. The van der Waals surface area contributed by atoms with Crippen LogP contribution in [-0.4, -0.2) is 16.1 Å². The SMILES string of the molecule is Cc1cc(C)c(C)c(-c2ncn(C)c2CCN)c1C. The van der Waals surface area contributed by atoms with Gasteiger partial charge in [-0.3, -0.25) is 0 Å². The number of benzene rings is 1. The second-order valence-electron chi connectivity index (χ2n) is 5.32. The van der Waals surface area contributed by atoms with Gasteiger partial charge in [-0.15, -0.1) is 0 Å². The van der Waals surface area contributed by atoms with E-state index in [4.69, 9.17) is 5.73 Å². The fourth-order valence-electron chi connectivity index (χ4n) is 2.67. The molecule has 3 nitrogen and oxygen atoms in total. The number of nitrogens with zero attached hydrogens (tertiary/aromatic N) is 2. The van der Waals surface area contributed by atoms with Crippen molar-refractivity contribution in [2.75, 3.05) is 6.54 Å². The van der Waals surface area contributed by atoms with Gasteiger partial charge in [0.25, 0.3) is 0 Å². The van der Waals surface area contributed by atoms with E-state index in [-0.39, 0.29) is 0 Å². The van der Waals surface area contributed by atoms with E-state index in [0.717, 1.165) is 12.1 Å². The first-order valence-corrected chi connectivity index (χ1v) is 6.75. The number of aromatic nitrogens is 2. The zero-order chi connectivity index (χ0) is 14.2. The van der Waals surface area contributed by atoms with Gasteiger partial charge in [0.15, 0.2) is 0 Å². The van der Waals surface area contributed by atoms with E-state index in [2.05, 4.69) is 43.3 Å². The molecule has 0 bridgehead atoms. The van der Waals surface area contributed by atoms with E-state index in [1.807, 2.05) is 13.4 Å². The van der Waals surface area contributed by atoms with Crippen molar-refractivity contribution in [3.63, 3.8) is 0 Å². The zero-order valence-electron chi connectivity index (χ0n) is 12.5. The lowest BCUT2D eigenvalue weighted by Gasteiger charge is -2.15. The highest BCUT2D eigenvalue weighted by molar-refractivity contribution is 5.72. The van der Waals surface area contributed by atoms with Crippen LogP contribution in [0, 0.1) is 27.7 Å². The van der Waals surface area contributed by atoms with Crippen LogP contribution in [-0.2, 0) is 13.5 Å². The molecule has 0 aliphatic heterocycles. The lowest BCUT2D eigenvalue weighted by atomic mass is 9.91. The van der Waals surface area contributed by atoms with Gasteiger partial charge in [-0.25, -0.2) is 4.98 Å². The van der Waals surface area contributed by atoms with E-state index >= 15 is 0 Å². The van der Waals surface area contributed by atoms with Gasteiger partial charge in [0.05, 0.1) is 12.0 Å². The van der Waals surface area contributed by atoms with Crippen LogP contribution >= 0.6 is 0 Å². The van der Waals surface area contributed by atoms with Crippen molar-refractivity contribution in [2.24, 2.45) is 12.8 Å². The highest BCUT2D eigenvalue weighted by Crippen LogP contribution is 2.32. The summed E-state index contributed by atoms with van der Waals surface area (Å²) in [5.41, 5.74) is 14.6. The minimum absolute atomic E-state index is 0.648. The summed E-state index contributed by atoms with van der Waals surface area (Å²) in [5.74, 6) is 0. The van der Waals surface area contributed by atoms with Crippen LogP contribution < -0.4 is 5.73 Å². The Balaban J connectivity index is 2.72. The molecule has 0 unspecified atom stereocenters. The van der Waals surface area contributed by atoms with Crippen molar-refractivity contribution in [1.29, 1.82) is 0 Å². The maximum absolute atomic E-state index is 5.73. The Bertz CT molecular complexity index is 583. The lowest BCUT2D eigenvalue weighted by Crippen LogP contribution is -2.08. The number of hydrogen-bond donors (Lipinski definition) is 1. The topological polar surface area (TPSA) is 43.8 Å². The largest absolute Gasteiger partial charge is 0.337 e. The molecule has 2 N–H and O–H groups in total. The van der Waals surface area contributed by atoms with Crippen LogP contribution in [0.2, 0.25) is 0 Å². The number of aryl methyl sites for hydroxylation is 3. The van der Waals surface area contributed by atoms with Gasteiger partial charge in [-0.2, -0.15) is 0 Å². The fraction of sp³-hybridized carbons (Fsp3) is 0.438.